The van der Waals surface area contributed by atoms with Gasteiger partial charge in [-0.3, -0.25) is 4.79 Å². The zero-order chi connectivity index (χ0) is 19.2. The van der Waals surface area contributed by atoms with Gasteiger partial charge in [0, 0.05) is 24.7 Å². The molecule has 27 heavy (non-hydrogen) atoms. The molecule has 2 saturated carbocycles. The molecule has 3 atom stereocenters. The first-order valence-corrected chi connectivity index (χ1v) is 11.7. The van der Waals surface area contributed by atoms with Crippen LogP contribution in [0.3, 0.4) is 0 Å². The molecule has 0 unspecified atom stereocenters. The summed E-state index contributed by atoms with van der Waals surface area (Å²) < 4.78 is 27.4. The van der Waals surface area contributed by atoms with Crippen molar-refractivity contribution >= 4 is 15.9 Å². The lowest BCUT2D eigenvalue weighted by Gasteiger charge is -2.38. The minimum Gasteiger partial charge on any atom is -0.348 e. The molecule has 1 aromatic rings. The molecule has 1 aromatic carbocycles. The van der Waals surface area contributed by atoms with E-state index in [0.29, 0.717) is 30.5 Å². The Labute approximate surface area is 162 Å². The summed E-state index contributed by atoms with van der Waals surface area (Å²) in [5.41, 5.74) is 0.544. The van der Waals surface area contributed by atoms with Gasteiger partial charge in [-0.25, -0.2) is 8.42 Å². The molecule has 4 rings (SSSR count). The van der Waals surface area contributed by atoms with Gasteiger partial charge >= 0.3 is 0 Å². The van der Waals surface area contributed by atoms with E-state index in [1.165, 1.54) is 19.3 Å². The fourth-order valence-corrected chi connectivity index (χ4v) is 7.00. The fraction of sp³-hybridized carbons (Fsp3) is 0.667. The van der Waals surface area contributed by atoms with Crippen molar-refractivity contribution in [1.29, 1.82) is 0 Å². The molecule has 1 N–H and O–H groups in total. The van der Waals surface area contributed by atoms with Crippen LogP contribution in [-0.2, 0) is 10.0 Å². The van der Waals surface area contributed by atoms with Crippen LogP contribution in [0.15, 0.2) is 29.2 Å². The van der Waals surface area contributed by atoms with Crippen LogP contribution in [0.4, 0.5) is 0 Å². The number of nitrogens with one attached hydrogen (secondary N) is 1. The summed E-state index contributed by atoms with van der Waals surface area (Å²) in [6.45, 7) is 5.63. The van der Waals surface area contributed by atoms with Crippen LogP contribution < -0.4 is 5.32 Å². The van der Waals surface area contributed by atoms with E-state index in [4.69, 9.17) is 0 Å². The Morgan fingerprint density at radius 2 is 1.89 bits per heavy atom. The van der Waals surface area contributed by atoms with E-state index in [-0.39, 0.29) is 22.3 Å². The van der Waals surface area contributed by atoms with Crippen molar-refractivity contribution < 1.29 is 13.2 Å². The third kappa shape index (κ3) is 3.31. The van der Waals surface area contributed by atoms with E-state index in [1.54, 1.807) is 28.6 Å². The van der Waals surface area contributed by atoms with Crippen molar-refractivity contribution in [2.75, 3.05) is 13.1 Å². The second-order valence-electron chi connectivity index (χ2n) is 9.04. The minimum atomic E-state index is -3.52. The summed E-state index contributed by atoms with van der Waals surface area (Å²) in [5, 5.41) is 3.23. The first kappa shape index (κ1) is 18.9. The topological polar surface area (TPSA) is 66.5 Å². The second kappa shape index (κ2) is 6.89. The Hall–Kier alpha value is -1.40. The minimum absolute atomic E-state index is 0.107. The SMILES string of the molecule is CC1(C)[C@@H]2CC[C@@H](C2)[C@H]1NC(=O)c1cccc(S(=O)(=O)N2CCCCC2)c1. The molecule has 6 heteroatoms. The van der Waals surface area contributed by atoms with Gasteiger partial charge in [0.05, 0.1) is 4.90 Å². The summed E-state index contributed by atoms with van der Waals surface area (Å²) in [6, 6.07) is 6.70. The number of hydrogen-bond donors (Lipinski definition) is 1. The zero-order valence-electron chi connectivity index (χ0n) is 16.3. The van der Waals surface area contributed by atoms with Crippen LogP contribution in [0, 0.1) is 17.3 Å². The Kier molecular flexibility index (Phi) is 4.83. The molecule has 1 saturated heterocycles. The molecule has 1 amide bonds. The van der Waals surface area contributed by atoms with Crippen molar-refractivity contribution in [3.63, 3.8) is 0 Å². The third-order valence-corrected chi connectivity index (χ3v) is 9.03. The number of piperidine rings is 1. The molecule has 3 fully saturated rings. The van der Waals surface area contributed by atoms with Crippen molar-refractivity contribution in [1.82, 2.24) is 9.62 Å². The van der Waals surface area contributed by atoms with Crippen LogP contribution in [0.25, 0.3) is 0 Å². The number of rotatable bonds is 4. The van der Waals surface area contributed by atoms with Crippen LogP contribution in [0.1, 0.15) is 62.7 Å². The largest absolute Gasteiger partial charge is 0.348 e. The van der Waals surface area contributed by atoms with Gasteiger partial charge in [0.1, 0.15) is 0 Å². The van der Waals surface area contributed by atoms with Gasteiger partial charge in [-0.05, 0) is 67.6 Å². The quantitative estimate of drug-likeness (QED) is 0.857. The number of amides is 1. The van der Waals surface area contributed by atoms with E-state index in [2.05, 4.69) is 19.2 Å². The summed E-state index contributed by atoms with van der Waals surface area (Å²) >= 11 is 0. The summed E-state index contributed by atoms with van der Waals surface area (Å²) in [7, 11) is -3.52. The summed E-state index contributed by atoms with van der Waals surface area (Å²) in [5.74, 6) is 1.07. The summed E-state index contributed by atoms with van der Waals surface area (Å²) in [4.78, 5) is 13.1. The van der Waals surface area contributed by atoms with Gasteiger partial charge in [0.25, 0.3) is 5.91 Å². The first-order valence-electron chi connectivity index (χ1n) is 10.2. The number of carbonyl (C=O) groups excluding carboxylic acids is 1. The van der Waals surface area contributed by atoms with Crippen molar-refractivity contribution in [2.45, 2.75) is 63.3 Å². The summed E-state index contributed by atoms with van der Waals surface area (Å²) in [6.07, 6.45) is 6.52. The highest BCUT2D eigenvalue weighted by atomic mass is 32.2. The monoisotopic (exact) mass is 390 g/mol. The van der Waals surface area contributed by atoms with Gasteiger partial charge in [-0.15, -0.1) is 0 Å². The second-order valence-corrected chi connectivity index (χ2v) is 11.0. The first-order chi connectivity index (χ1) is 12.8. The lowest BCUT2D eigenvalue weighted by Crippen LogP contribution is -2.48. The van der Waals surface area contributed by atoms with Gasteiger partial charge in [0.15, 0.2) is 0 Å². The number of fused-ring (bicyclic) bond motifs is 2. The Morgan fingerprint density at radius 3 is 2.56 bits per heavy atom. The normalized spacial score (nSPS) is 30.4. The maximum Gasteiger partial charge on any atom is 0.251 e. The molecule has 148 valence electrons. The smallest absolute Gasteiger partial charge is 0.251 e. The highest BCUT2D eigenvalue weighted by Crippen LogP contribution is 2.55. The molecule has 3 aliphatic rings. The molecule has 5 nitrogen and oxygen atoms in total. The average Bonchev–Trinajstić information content (AvgIpc) is 3.24. The van der Waals surface area contributed by atoms with E-state index in [0.717, 1.165) is 19.3 Å². The Balaban J connectivity index is 1.53. The highest BCUT2D eigenvalue weighted by molar-refractivity contribution is 7.89. The average molecular weight is 391 g/mol. The van der Waals surface area contributed by atoms with Gasteiger partial charge in [0.2, 0.25) is 10.0 Å². The molecular formula is C21H30N2O3S. The molecule has 2 aliphatic carbocycles. The van der Waals surface area contributed by atoms with Crippen LogP contribution in [0.2, 0.25) is 0 Å². The Bertz CT molecular complexity index is 828. The van der Waals surface area contributed by atoms with E-state index in [9.17, 15) is 13.2 Å². The van der Waals surface area contributed by atoms with Crippen LogP contribution >= 0.6 is 0 Å². The van der Waals surface area contributed by atoms with Crippen molar-refractivity contribution in [3.8, 4) is 0 Å². The molecule has 0 spiro atoms. The van der Waals surface area contributed by atoms with E-state index >= 15 is 0 Å². The molecule has 2 bridgehead atoms. The fourth-order valence-electron chi connectivity index (χ4n) is 5.44. The highest BCUT2D eigenvalue weighted by Gasteiger charge is 2.53. The van der Waals surface area contributed by atoms with Crippen molar-refractivity contribution in [3.05, 3.63) is 29.8 Å². The van der Waals surface area contributed by atoms with E-state index in [1.807, 2.05) is 0 Å². The number of hydrogen-bond acceptors (Lipinski definition) is 3. The lowest BCUT2D eigenvalue weighted by atomic mass is 9.73. The molecule has 0 aromatic heterocycles. The Morgan fingerprint density at radius 1 is 1.15 bits per heavy atom. The van der Waals surface area contributed by atoms with Gasteiger partial charge < -0.3 is 5.32 Å². The number of nitrogens with zero attached hydrogens (tertiary/aromatic N) is 1. The van der Waals surface area contributed by atoms with Crippen LogP contribution in [0.5, 0.6) is 0 Å². The maximum atomic E-state index is 12.9. The van der Waals surface area contributed by atoms with Gasteiger partial charge in [-0.1, -0.05) is 26.3 Å². The standard InChI is InChI=1S/C21H30N2O3S/c1-21(2)17-10-9-15(13-17)19(21)22-20(24)16-7-6-8-18(14-16)27(25,26)23-11-4-3-5-12-23/h6-8,14-15,17,19H,3-5,9-13H2,1-2H3,(H,22,24)/t15-,17+,19+/m0/s1. The zero-order valence-corrected chi connectivity index (χ0v) is 17.1. The maximum absolute atomic E-state index is 12.9. The third-order valence-electron chi connectivity index (χ3n) is 7.13. The van der Waals surface area contributed by atoms with Crippen LogP contribution in [-0.4, -0.2) is 37.8 Å². The van der Waals surface area contributed by atoms with Crippen molar-refractivity contribution in [2.24, 2.45) is 17.3 Å². The lowest BCUT2D eigenvalue weighted by molar-refractivity contribution is 0.0837. The molecular weight excluding hydrogens is 360 g/mol. The molecule has 1 heterocycles. The predicted octanol–water partition coefficient (Wildman–Crippen LogP) is 3.42. The predicted molar refractivity (Wildman–Crippen MR) is 105 cm³/mol. The molecule has 0 radical (unpaired) electrons. The number of carbonyl (C=O) groups is 1. The van der Waals surface area contributed by atoms with E-state index < -0.39 is 10.0 Å². The molecule has 1 aliphatic heterocycles. The number of benzene rings is 1. The van der Waals surface area contributed by atoms with Gasteiger partial charge in [-0.2, -0.15) is 4.31 Å². The number of sulfonamides is 1.